The number of aryl methyl sites for hydroxylation is 1. The maximum atomic E-state index is 9.77. The summed E-state index contributed by atoms with van der Waals surface area (Å²) in [6, 6.07) is 7.69. The Morgan fingerprint density at radius 1 is 1.38 bits per heavy atom. The molecule has 0 spiro atoms. The zero-order chi connectivity index (χ0) is 9.52. The van der Waals surface area contributed by atoms with E-state index in [9.17, 15) is 4.79 Å². The highest BCUT2D eigenvalue weighted by molar-refractivity contribution is 6.31. The number of hydrogen-bond acceptors (Lipinski definition) is 2. The average molecular weight is 196 g/mol. The number of benzene rings is 1. The molecule has 0 atom stereocenters. The number of aliphatic imine (C=N–C) groups is 1. The molecule has 1 aromatic rings. The Balaban J connectivity index is 2.45. The number of carbonyl (C=O) groups excluding carboxylic acids is 1. The monoisotopic (exact) mass is 195 g/mol. The van der Waals surface area contributed by atoms with Gasteiger partial charge in [0.05, 0.1) is 6.54 Å². The van der Waals surface area contributed by atoms with Crippen LogP contribution in [-0.4, -0.2) is 12.6 Å². The molecule has 0 aliphatic heterocycles. The second-order valence-corrected chi connectivity index (χ2v) is 3.08. The molecule has 2 nitrogen and oxygen atoms in total. The summed E-state index contributed by atoms with van der Waals surface area (Å²) in [6.45, 7) is 0.523. The van der Waals surface area contributed by atoms with Crippen LogP contribution in [0.1, 0.15) is 12.0 Å². The smallest absolute Gasteiger partial charge is 0.211 e. The fourth-order valence-electron chi connectivity index (χ4n) is 1.10. The summed E-state index contributed by atoms with van der Waals surface area (Å²) in [5.41, 5.74) is 1.10. The van der Waals surface area contributed by atoms with Crippen LogP contribution in [0.2, 0.25) is 5.02 Å². The standard InChI is InChI=1S/C10H10ClNO/c11-10-6-2-1-4-9(10)5-3-7-12-8-13/h1-2,4,6H,3,5,7H2. The van der Waals surface area contributed by atoms with Crippen LogP contribution in [0.25, 0.3) is 0 Å². The zero-order valence-corrected chi connectivity index (χ0v) is 7.92. The summed E-state index contributed by atoms with van der Waals surface area (Å²) in [5, 5.41) is 0.776. The van der Waals surface area contributed by atoms with Crippen LogP contribution in [0, 0.1) is 0 Å². The summed E-state index contributed by atoms with van der Waals surface area (Å²) in [7, 11) is 0. The van der Waals surface area contributed by atoms with Crippen molar-refractivity contribution in [2.75, 3.05) is 6.54 Å². The molecular formula is C10H10ClNO. The molecule has 0 unspecified atom stereocenters. The first-order valence-electron chi connectivity index (χ1n) is 4.11. The topological polar surface area (TPSA) is 29.4 Å². The first-order valence-corrected chi connectivity index (χ1v) is 4.49. The van der Waals surface area contributed by atoms with Crippen molar-refractivity contribution >= 4 is 17.7 Å². The van der Waals surface area contributed by atoms with Gasteiger partial charge in [0, 0.05) is 5.02 Å². The van der Waals surface area contributed by atoms with E-state index in [2.05, 4.69) is 4.99 Å². The van der Waals surface area contributed by atoms with Crippen LogP contribution in [0.3, 0.4) is 0 Å². The summed E-state index contributed by atoms with van der Waals surface area (Å²) >= 11 is 5.93. The van der Waals surface area contributed by atoms with Crippen molar-refractivity contribution in [3.8, 4) is 0 Å². The fourth-order valence-corrected chi connectivity index (χ4v) is 1.33. The molecule has 0 fully saturated rings. The second kappa shape index (κ2) is 5.52. The Morgan fingerprint density at radius 3 is 2.85 bits per heavy atom. The van der Waals surface area contributed by atoms with E-state index in [0.29, 0.717) is 6.54 Å². The van der Waals surface area contributed by atoms with E-state index in [1.54, 1.807) is 0 Å². The minimum atomic E-state index is 0.523. The van der Waals surface area contributed by atoms with Crippen molar-refractivity contribution in [2.24, 2.45) is 4.99 Å². The van der Waals surface area contributed by atoms with E-state index >= 15 is 0 Å². The first-order chi connectivity index (χ1) is 6.34. The zero-order valence-electron chi connectivity index (χ0n) is 7.16. The summed E-state index contributed by atoms with van der Waals surface area (Å²) in [4.78, 5) is 13.2. The summed E-state index contributed by atoms with van der Waals surface area (Å²) < 4.78 is 0. The van der Waals surface area contributed by atoms with Gasteiger partial charge in [0.1, 0.15) is 0 Å². The first kappa shape index (κ1) is 9.97. The molecule has 0 aromatic heterocycles. The highest BCUT2D eigenvalue weighted by atomic mass is 35.5. The van der Waals surface area contributed by atoms with E-state index in [0.717, 1.165) is 23.4 Å². The molecule has 0 N–H and O–H groups in total. The molecule has 0 aliphatic carbocycles. The van der Waals surface area contributed by atoms with Gasteiger partial charge >= 0.3 is 0 Å². The third kappa shape index (κ3) is 3.41. The minimum Gasteiger partial charge on any atom is -0.211 e. The average Bonchev–Trinajstić information content (AvgIpc) is 2.15. The third-order valence-electron chi connectivity index (χ3n) is 1.74. The van der Waals surface area contributed by atoms with Gasteiger partial charge in [-0.05, 0) is 24.5 Å². The predicted molar refractivity (Wildman–Crippen MR) is 52.8 cm³/mol. The lowest BCUT2D eigenvalue weighted by atomic mass is 10.1. The van der Waals surface area contributed by atoms with Gasteiger partial charge in [-0.1, -0.05) is 29.8 Å². The van der Waals surface area contributed by atoms with E-state index in [-0.39, 0.29) is 0 Å². The second-order valence-electron chi connectivity index (χ2n) is 2.67. The van der Waals surface area contributed by atoms with Gasteiger partial charge in [0.2, 0.25) is 6.08 Å². The Morgan fingerprint density at radius 2 is 2.15 bits per heavy atom. The molecule has 68 valence electrons. The quantitative estimate of drug-likeness (QED) is 0.413. The lowest BCUT2D eigenvalue weighted by Crippen LogP contribution is -1.88. The number of isocyanates is 1. The molecule has 0 saturated carbocycles. The van der Waals surface area contributed by atoms with Gasteiger partial charge in [0.15, 0.2) is 0 Å². The van der Waals surface area contributed by atoms with E-state index in [4.69, 9.17) is 11.6 Å². The molecule has 0 aliphatic rings. The van der Waals surface area contributed by atoms with Crippen molar-refractivity contribution in [3.63, 3.8) is 0 Å². The SMILES string of the molecule is O=C=NCCCc1ccccc1Cl. The van der Waals surface area contributed by atoms with Crippen molar-refractivity contribution < 1.29 is 4.79 Å². The third-order valence-corrected chi connectivity index (χ3v) is 2.11. The van der Waals surface area contributed by atoms with Crippen LogP contribution >= 0.6 is 11.6 Å². The molecule has 1 rings (SSSR count). The van der Waals surface area contributed by atoms with Gasteiger partial charge in [-0.2, -0.15) is 0 Å². The van der Waals surface area contributed by atoms with Crippen LogP contribution in [-0.2, 0) is 11.2 Å². The van der Waals surface area contributed by atoms with Crippen LogP contribution in [0.5, 0.6) is 0 Å². The van der Waals surface area contributed by atoms with Gasteiger partial charge in [0.25, 0.3) is 0 Å². The molecule has 3 heteroatoms. The Bertz CT molecular complexity index is 318. The lowest BCUT2D eigenvalue weighted by Gasteiger charge is -2.00. The van der Waals surface area contributed by atoms with Gasteiger partial charge < -0.3 is 0 Å². The van der Waals surface area contributed by atoms with Crippen molar-refractivity contribution in [1.82, 2.24) is 0 Å². The largest absolute Gasteiger partial charge is 0.234 e. The fraction of sp³-hybridized carbons (Fsp3) is 0.300. The summed E-state index contributed by atoms with van der Waals surface area (Å²) in [5.74, 6) is 0. The molecule has 0 radical (unpaired) electrons. The normalized spacial score (nSPS) is 9.31. The van der Waals surface area contributed by atoms with E-state index < -0.39 is 0 Å². The Kier molecular flexibility index (Phi) is 4.24. The number of hydrogen-bond donors (Lipinski definition) is 0. The maximum absolute atomic E-state index is 9.77. The highest BCUT2D eigenvalue weighted by Crippen LogP contribution is 2.16. The van der Waals surface area contributed by atoms with Crippen LogP contribution in [0.15, 0.2) is 29.3 Å². The predicted octanol–water partition coefficient (Wildman–Crippen LogP) is 2.61. The van der Waals surface area contributed by atoms with Crippen LogP contribution in [0.4, 0.5) is 0 Å². The molecule has 1 aromatic carbocycles. The number of nitrogens with zero attached hydrogens (tertiary/aromatic N) is 1. The van der Waals surface area contributed by atoms with Gasteiger partial charge in [-0.15, -0.1) is 0 Å². The molecule has 0 bridgehead atoms. The Hall–Kier alpha value is -1.11. The van der Waals surface area contributed by atoms with Crippen molar-refractivity contribution in [1.29, 1.82) is 0 Å². The highest BCUT2D eigenvalue weighted by Gasteiger charge is 1.97. The minimum absolute atomic E-state index is 0.523. The van der Waals surface area contributed by atoms with Gasteiger partial charge in [-0.25, -0.2) is 9.79 Å². The summed E-state index contributed by atoms with van der Waals surface area (Å²) in [6.07, 6.45) is 3.19. The van der Waals surface area contributed by atoms with E-state index in [1.165, 1.54) is 6.08 Å². The van der Waals surface area contributed by atoms with Crippen molar-refractivity contribution in [2.45, 2.75) is 12.8 Å². The van der Waals surface area contributed by atoms with Crippen LogP contribution < -0.4 is 0 Å². The molecule has 13 heavy (non-hydrogen) atoms. The molecular weight excluding hydrogens is 186 g/mol. The van der Waals surface area contributed by atoms with Crippen molar-refractivity contribution in [3.05, 3.63) is 34.9 Å². The molecule has 0 heterocycles. The lowest BCUT2D eigenvalue weighted by molar-refractivity contribution is 0.562. The Labute approximate surface area is 82.3 Å². The molecule has 0 amide bonds. The maximum Gasteiger partial charge on any atom is 0.234 e. The molecule has 0 saturated heterocycles. The van der Waals surface area contributed by atoms with Gasteiger partial charge in [-0.3, -0.25) is 0 Å². The number of halogens is 1. The number of rotatable bonds is 4. The van der Waals surface area contributed by atoms with E-state index in [1.807, 2.05) is 24.3 Å².